The van der Waals surface area contributed by atoms with E-state index in [4.69, 9.17) is 10.5 Å². The van der Waals surface area contributed by atoms with Gasteiger partial charge in [0.25, 0.3) is 5.91 Å². The van der Waals surface area contributed by atoms with Gasteiger partial charge in [0, 0.05) is 19.6 Å². The Morgan fingerprint density at radius 2 is 2.06 bits per heavy atom. The lowest BCUT2D eigenvalue weighted by Crippen LogP contribution is -2.48. The highest BCUT2D eigenvalue weighted by Gasteiger charge is 2.30. The van der Waals surface area contributed by atoms with Crippen molar-refractivity contribution in [2.45, 2.75) is 44.3 Å². The molecule has 2 aliphatic rings. The summed E-state index contributed by atoms with van der Waals surface area (Å²) in [6.45, 7) is 2.42. The molecule has 16 heavy (non-hydrogen) atoms. The molecule has 2 atom stereocenters. The molecule has 0 radical (unpaired) electrons. The van der Waals surface area contributed by atoms with Crippen molar-refractivity contribution < 1.29 is 9.53 Å². The minimum Gasteiger partial charge on any atom is -0.364 e. The number of amides is 1. The van der Waals surface area contributed by atoms with Crippen LogP contribution in [-0.4, -0.2) is 42.8 Å². The molecule has 92 valence electrons. The fraction of sp³-hybridized carbons (Fsp3) is 0.909. The quantitative estimate of drug-likeness (QED) is 0.712. The lowest BCUT2D eigenvalue weighted by atomic mass is 10.1. The van der Waals surface area contributed by atoms with E-state index in [1.165, 1.54) is 6.42 Å². The number of nitrogens with one attached hydrogen (secondary N) is 1. The molecule has 0 aliphatic carbocycles. The molecular weight excluding hydrogens is 206 g/mol. The number of ether oxygens (including phenoxy) is 1. The number of nitrogens with two attached hydrogens (primary N) is 1. The molecule has 2 saturated heterocycles. The number of nitrogens with zero attached hydrogens (tertiary/aromatic N) is 1. The molecule has 0 aromatic heterocycles. The third-order valence-electron chi connectivity index (χ3n) is 3.29. The molecule has 5 heteroatoms. The van der Waals surface area contributed by atoms with Crippen molar-refractivity contribution in [3.63, 3.8) is 0 Å². The Morgan fingerprint density at radius 1 is 1.31 bits per heavy atom. The van der Waals surface area contributed by atoms with Gasteiger partial charge in [-0.05, 0) is 25.7 Å². The molecule has 1 amide bonds. The third-order valence-corrected chi connectivity index (χ3v) is 3.29. The van der Waals surface area contributed by atoms with E-state index < -0.39 is 0 Å². The zero-order valence-corrected chi connectivity index (χ0v) is 9.65. The van der Waals surface area contributed by atoms with Crippen LogP contribution >= 0.6 is 0 Å². The van der Waals surface area contributed by atoms with Gasteiger partial charge in [-0.25, -0.2) is 5.01 Å². The first kappa shape index (κ1) is 11.8. The van der Waals surface area contributed by atoms with Crippen LogP contribution in [0.1, 0.15) is 32.1 Å². The van der Waals surface area contributed by atoms with E-state index in [0.29, 0.717) is 6.54 Å². The summed E-state index contributed by atoms with van der Waals surface area (Å²) in [5, 5.41) is 2.00. The molecule has 0 spiro atoms. The van der Waals surface area contributed by atoms with Crippen molar-refractivity contribution in [2.75, 3.05) is 19.6 Å². The van der Waals surface area contributed by atoms with Crippen molar-refractivity contribution in [2.24, 2.45) is 5.73 Å². The predicted octanol–water partition coefficient (Wildman–Crippen LogP) is 0.00980. The van der Waals surface area contributed by atoms with Gasteiger partial charge in [-0.3, -0.25) is 10.2 Å². The number of hydrazine groups is 1. The van der Waals surface area contributed by atoms with Gasteiger partial charge in [0.1, 0.15) is 6.10 Å². The van der Waals surface area contributed by atoms with E-state index >= 15 is 0 Å². The van der Waals surface area contributed by atoms with Gasteiger partial charge in [-0.15, -0.1) is 0 Å². The first-order valence-electron chi connectivity index (χ1n) is 6.20. The van der Waals surface area contributed by atoms with Crippen LogP contribution in [0, 0.1) is 0 Å². The van der Waals surface area contributed by atoms with E-state index in [2.05, 4.69) is 5.43 Å². The van der Waals surface area contributed by atoms with Crippen molar-refractivity contribution in [1.29, 1.82) is 0 Å². The monoisotopic (exact) mass is 227 g/mol. The highest BCUT2D eigenvalue weighted by molar-refractivity contribution is 5.80. The van der Waals surface area contributed by atoms with Crippen LogP contribution in [0.25, 0.3) is 0 Å². The average molecular weight is 227 g/mol. The van der Waals surface area contributed by atoms with Crippen LogP contribution < -0.4 is 11.2 Å². The normalized spacial score (nSPS) is 31.6. The number of piperidine rings is 1. The molecule has 0 aromatic rings. The Morgan fingerprint density at radius 3 is 2.69 bits per heavy atom. The first-order valence-corrected chi connectivity index (χ1v) is 6.20. The van der Waals surface area contributed by atoms with Crippen LogP contribution in [0.4, 0.5) is 0 Å². The highest BCUT2D eigenvalue weighted by atomic mass is 16.5. The predicted molar refractivity (Wildman–Crippen MR) is 60.5 cm³/mol. The summed E-state index contributed by atoms with van der Waals surface area (Å²) < 4.78 is 5.55. The number of carbonyl (C=O) groups excluding carboxylic acids is 1. The summed E-state index contributed by atoms with van der Waals surface area (Å²) in [4.78, 5) is 11.9. The second-order valence-corrected chi connectivity index (χ2v) is 4.58. The molecule has 5 nitrogen and oxygen atoms in total. The topological polar surface area (TPSA) is 67.6 Å². The maximum atomic E-state index is 11.9. The van der Waals surface area contributed by atoms with Gasteiger partial charge >= 0.3 is 0 Å². The Bertz CT molecular complexity index is 241. The van der Waals surface area contributed by atoms with E-state index in [-0.39, 0.29) is 18.1 Å². The van der Waals surface area contributed by atoms with Crippen molar-refractivity contribution in [3.8, 4) is 0 Å². The highest BCUT2D eigenvalue weighted by Crippen LogP contribution is 2.19. The Labute approximate surface area is 96.3 Å². The van der Waals surface area contributed by atoms with Gasteiger partial charge in [0.15, 0.2) is 0 Å². The fourth-order valence-corrected chi connectivity index (χ4v) is 2.31. The van der Waals surface area contributed by atoms with Crippen LogP contribution in [-0.2, 0) is 9.53 Å². The zero-order chi connectivity index (χ0) is 11.4. The molecular formula is C11H21N3O2. The molecule has 2 heterocycles. The number of rotatable bonds is 3. The summed E-state index contributed by atoms with van der Waals surface area (Å²) in [5.41, 5.74) is 8.45. The average Bonchev–Trinajstić information content (AvgIpc) is 2.79. The summed E-state index contributed by atoms with van der Waals surface area (Å²) in [5.74, 6) is -0.00199. The molecule has 0 saturated carbocycles. The number of hydrogen-bond acceptors (Lipinski definition) is 4. The third kappa shape index (κ3) is 2.93. The summed E-state index contributed by atoms with van der Waals surface area (Å²) in [6, 6.07) is 0. The van der Waals surface area contributed by atoms with Crippen LogP contribution in [0.3, 0.4) is 0 Å². The van der Waals surface area contributed by atoms with Crippen LogP contribution in [0.5, 0.6) is 0 Å². The Hall–Kier alpha value is -0.650. The minimum atomic E-state index is -0.296. The van der Waals surface area contributed by atoms with E-state index in [0.717, 1.165) is 38.8 Å². The zero-order valence-electron chi connectivity index (χ0n) is 9.65. The molecule has 2 aliphatic heterocycles. The van der Waals surface area contributed by atoms with Gasteiger partial charge in [0.2, 0.25) is 0 Å². The van der Waals surface area contributed by atoms with Crippen LogP contribution in [0.2, 0.25) is 0 Å². The second kappa shape index (κ2) is 5.61. The SMILES string of the molecule is NCC1CCC(C(=O)NN2CCCCC2)O1. The van der Waals surface area contributed by atoms with E-state index in [1.807, 2.05) is 5.01 Å². The molecule has 2 rings (SSSR count). The van der Waals surface area contributed by atoms with Crippen molar-refractivity contribution in [1.82, 2.24) is 10.4 Å². The summed E-state index contributed by atoms with van der Waals surface area (Å²) in [7, 11) is 0. The lowest BCUT2D eigenvalue weighted by molar-refractivity contribution is -0.137. The molecule has 0 bridgehead atoms. The van der Waals surface area contributed by atoms with Gasteiger partial charge < -0.3 is 10.5 Å². The minimum absolute atomic E-state index is 0.00199. The Balaban J connectivity index is 1.75. The standard InChI is InChI=1S/C11H21N3O2/c12-8-9-4-5-10(16-9)11(15)13-14-6-2-1-3-7-14/h9-10H,1-8,12H2,(H,13,15). The van der Waals surface area contributed by atoms with Gasteiger partial charge in [0.05, 0.1) is 6.10 Å². The van der Waals surface area contributed by atoms with Crippen molar-refractivity contribution >= 4 is 5.91 Å². The maximum Gasteiger partial charge on any atom is 0.263 e. The maximum absolute atomic E-state index is 11.9. The molecule has 2 fully saturated rings. The molecule has 0 aromatic carbocycles. The number of carbonyl (C=O) groups is 1. The largest absolute Gasteiger partial charge is 0.364 e. The van der Waals surface area contributed by atoms with Crippen LogP contribution in [0.15, 0.2) is 0 Å². The smallest absolute Gasteiger partial charge is 0.263 e. The van der Waals surface area contributed by atoms with Crippen molar-refractivity contribution in [3.05, 3.63) is 0 Å². The molecule has 3 N–H and O–H groups in total. The Kier molecular flexibility index (Phi) is 4.15. The number of hydrogen-bond donors (Lipinski definition) is 2. The van der Waals surface area contributed by atoms with E-state index in [1.54, 1.807) is 0 Å². The summed E-state index contributed by atoms with van der Waals surface area (Å²) in [6.07, 6.45) is 5.05. The lowest BCUT2D eigenvalue weighted by Gasteiger charge is -2.27. The summed E-state index contributed by atoms with van der Waals surface area (Å²) >= 11 is 0. The van der Waals surface area contributed by atoms with Gasteiger partial charge in [-0.1, -0.05) is 6.42 Å². The van der Waals surface area contributed by atoms with E-state index in [9.17, 15) is 4.79 Å². The first-order chi connectivity index (χ1) is 7.79. The second-order valence-electron chi connectivity index (χ2n) is 4.58. The van der Waals surface area contributed by atoms with Gasteiger partial charge in [-0.2, -0.15) is 0 Å². The molecule has 2 unspecified atom stereocenters. The fourth-order valence-electron chi connectivity index (χ4n) is 2.31.